The molecule has 0 N–H and O–H groups in total. The van der Waals surface area contributed by atoms with Crippen molar-refractivity contribution in [3.63, 3.8) is 0 Å². The minimum Gasteiger partial charge on any atom is -0.465 e. The standard InChI is InChI=1S/C14H14Cl2O4/c1-2-3-9-19-12(17)7-8-13(18)20-11-6-4-5-10(15)14(11)16/h2,4-6H,1,3,7-9H2. The zero-order valence-corrected chi connectivity index (χ0v) is 12.2. The Labute approximate surface area is 127 Å². The number of carbonyl (C=O) groups excluding carboxylic acids is 2. The molecule has 1 aromatic rings. The van der Waals surface area contributed by atoms with Gasteiger partial charge in [-0.3, -0.25) is 9.59 Å². The predicted octanol–water partition coefficient (Wildman–Crippen LogP) is 3.80. The van der Waals surface area contributed by atoms with Crippen LogP contribution in [-0.2, 0) is 14.3 Å². The molecule has 1 aromatic carbocycles. The number of benzene rings is 1. The van der Waals surface area contributed by atoms with E-state index in [1.54, 1.807) is 18.2 Å². The number of hydrogen-bond donors (Lipinski definition) is 0. The average Bonchev–Trinajstić information content (AvgIpc) is 2.42. The second kappa shape index (κ2) is 8.61. The highest BCUT2D eigenvalue weighted by molar-refractivity contribution is 6.43. The summed E-state index contributed by atoms with van der Waals surface area (Å²) >= 11 is 11.7. The van der Waals surface area contributed by atoms with E-state index in [1.807, 2.05) is 0 Å². The lowest BCUT2D eigenvalue weighted by Crippen LogP contribution is -2.12. The Bertz CT molecular complexity index is 500. The van der Waals surface area contributed by atoms with Gasteiger partial charge < -0.3 is 9.47 Å². The predicted molar refractivity (Wildman–Crippen MR) is 77.1 cm³/mol. The Morgan fingerprint density at radius 1 is 1.20 bits per heavy atom. The van der Waals surface area contributed by atoms with Crippen LogP contribution in [0.5, 0.6) is 5.75 Å². The summed E-state index contributed by atoms with van der Waals surface area (Å²) in [5.74, 6) is -0.861. The van der Waals surface area contributed by atoms with E-state index in [1.165, 1.54) is 6.07 Å². The van der Waals surface area contributed by atoms with Crippen molar-refractivity contribution in [2.75, 3.05) is 6.61 Å². The summed E-state index contributed by atoms with van der Waals surface area (Å²) in [7, 11) is 0. The van der Waals surface area contributed by atoms with Gasteiger partial charge in [-0.2, -0.15) is 0 Å². The maximum atomic E-state index is 11.6. The average molecular weight is 317 g/mol. The van der Waals surface area contributed by atoms with E-state index in [0.717, 1.165) is 0 Å². The number of esters is 2. The molecule has 20 heavy (non-hydrogen) atoms. The van der Waals surface area contributed by atoms with Crippen LogP contribution in [0.2, 0.25) is 10.0 Å². The van der Waals surface area contributed by atoms with E-state index in [2.05, 4.69) is 6.58 Å². The number of hydrogen-bond acceptors (Lipinski definition) is 4. The van der Waals surface area contributed by atoms with Gasteiger partial charge in [0.15, 0.2) is 5.75 Å². The van der Waals surface area contributed by atoms with E-state index in [4.69, 9.17) is 32.7 Å². The number of ether oxygens (including phenoxy) is 2. The molecule has 0 heterocycles. The van der Waals surface area contributed by atoms with Crippen molar-refractivity contribution in [2.45, 2.75) is 19.3 Å². The third-order valence-corrected chi connectivity index (χ3v) is 3.06. The molecule has 0 aliphatic carbocycles. The van der Waals surface area contributed by atoms with Crippen LogP contribution >= 0.6 is 23.2 Å². The Hall–Kier alpha value is -1.52. The summed E-state index contributed by atoms with van der Waals surface area (Å²) in [6.07, 6.45) is 2.08. The van der Waals surface area contributed by atoms with E-state index >= 15 is 0 Å². The number of rotatable bonds is 7. The van der Waals surface area contributed by atoms with Crippen molar-refractivity contribution in [1.82, 2.24) is 0 Å². The van der Waals surface area contributed by atoms with Gasteiger partial charge in [-0.15, -0.1) is 6.58 Å². The minimum absolute atomic E-state index is 0.0475. The molecule has 108 valence electrons. The molecule has 0 saturated heterocycles. The van der Waals surface area contributed by atoms with Gasteiger partial charge in [0.25, 0.3) is 0 Å². The fourth-order valence-electron chi connectivity index (χ4n) is 1.27. The molecule has 0 radical (unpaired) electrons. The highest BCUT2D eigenvalue weighted by atomic mass is 35.5. The van der Waals surface area contributed by atoms with Gasteiger partial charge in [-0.25, -0.2) is 0 Å². The first-order chi connectivity index (χ1) is 9.54. The molecule has 0 aliphatic heterocycles. The molecule has 0 amide bonds. The van der Waals surface area contributed by atoms with Crippen LogP contribution in [0.1, 0.15) is 19.3 Å². The van der Waals surface area contributed by atoms with Crippen molar-refractivity contribution >= 4 is 35.1 Å². The van der Waals surface area contributed by atoms with Crippen LogP contribution < -0.4 is 4.74 Å². The van der Waals surface area contributed by atoms with Crippen molar-refractivity contribution in [3.05, 3.63) is 40.9 Å². The first-order valence-corrected chi connectivity index (χ1v) is 6.71. The minimum atomic E-state index is -0.574. The van der Waals surface area contributed by atoms with Crippen molar-refractivity contribution in [2.24, 2.45) is 0 Å². The smallest absolute Gasteiger partial charge is 0.311 e. The second-order valence-corrected chi connectivity index (χ2v) is 4.61. The number of halogens is 2. The fourth-order valence-corrected chi connectivity index (χ4v) is 1.60. The first kappa shape index (κ1) is 16.5. The lowest BCUT2D eigenvalue weighted by molar-refractivity contribution is -0.146. The molecule has 0 aromatic heterocycles. The summed E-state index contributed by atoms with van der Waals surface area (Å²) in [6, 6.07) is 4.72. The summed E-state index contributed by atoms with van der Waals surface area (Å²) in [6.45, 7) is 3.77. The zero-order valence-electron chi connectivity index (χ0n) is 10.7. The van der Waals surface area contributed by atoms with Gasteiger partial charge in [0, 0.05) is 0 Å². The molecule has 0 fully saturated rings. The van der Waals surface area contributed by atoms with Crippen LogP contribution in [0.15, 0.2) is 30.9 Å². The SMILES string of the molecule is C=CCCOC(=O)CCC(=O)Oc1cccc(Cl)c1Cl. The van der Waals surface area contributed by atoms with Crippen LogP contribution in [-0.4, -0.2) is 18.5 Å². The summed E-state index contributed by atoms with van der Waals surface area (Å²) in [5.41, 5.74) is 0. The zero-order chi connectivity index (χ0) is 15.0. The van der Waals surface area contributed by atoms with E-state index in [9.17, 15) is 9.59 Å². The van der Waals surface area contributed by atoms with Crippen molar-refractivity contribution in [1.29, 1.82) is 0 Å². The second-order valence-electron chi connectivity index (χ2n) is 3.82. The molecule has 0 unspecified atom stereocenters. The Kier molecular flexibility index (Phi) is 7.12. The molecule has 6 heteroatoms. The van der Waals surface area contributed by atoms with Gasteiger partial charge in [0.2, 0.25) is 0 Å². The molecule has 0 aliphatic rings. The molecular formula is C14H14Cl2O4. The van der Waals surface area contributed by atoms with Gasteiger partial charge in [-0.1, -0.05) is 35.3 Å². The molecule has 0 atom stereocenters. The monoisotopic (exact) mass is 316 g/mol. The van der Waals surface area contributed by atoms with Gasteiger partial charge in [-0.05, 0) is 18.6 Å². The van der Waals surface area contributed by atoms with Crippen LogP contribution in [0.3, 0.4) is 0 Å². The molecule has 0 bridgehead atoms. The normalized spacial score (nSPS) is 9.90. The lowest BCUT2D eigenvalue weighted by Gasteiger charge is -2.07. The first-order valence-electron chi connectivity index (χ1n) is 5.95. The number of carbonyl (C=O) groups is 2. The van der Waals surface area contributed by atoms with Crippen molar-refractivity contribution < 1.29 is 19.1 Å². The maximum Gasteiger partial charge on any atom is 0.311 e. The molecule has 4 nitrogen and oxygen atoms in total. The Morgan fingerprint density at radius 3 is 2.60 bits per heavy atom. The maximum absolute atomic E-state index is 11.6. The molecular weight excluding hydrogens is 303 g/mol. The molecule has 1 rings (SSSR count). The molecule has 0 spiro atoms. The quantitative estimate of drug-likeness (QED) is 0.332. The summed E-state index contributed by atoms with van der Waals surface area (Å²) in [5, 5.41) is 0.455. The lowest BCUT2D eigenvalue weighted by atomic mass is 10.3. The van der Waals surface area contributed by atoms with Crippen LogP contribution in [0, 0.1) is 0 Å². The van der Waals surface area contributed by atoms with Gasteiger partial charge in [0.1, 0.15) is 5.02 Å². The van der Waals surface area contributed by atoms with E-state index in [-0.39, 0.29) is 30.2 Å². The topological polar surface area (TPSA) is 52.6 Å². The van der Waals surface area contributed by atoms with Gasteiger partial charge in [0.05, 0.1) is 24.5 Å². The highest BCUT2D eigenvalue weighted by Gasteiger charge is 2.13. The largest absolute Gasteiger partial charge is 0.465 e. The highest BCUT2D eigenvalue weighted by Crippen LogP contribution is 2.31. The van der Waals surface area contributed by atoms with Gasteiger partial charge >= 0.3 is 11.9 Å². The van der Waals surface area contributed by atoms with Crippen molar-refractivity contribution in [3.8, 4) is 5.75 Å². The summed E-state index contributed by atoms with van der Waals surface area (Å²) < 4.78 is 9.88. The third-order valence-electron chi connectivity index (χ3n) is 2.26. The fraction of sp³-hybridized carbons (Fsp3) is 0.286. The molecule has 0 saturated carbocycles. The van der Waals surface area contributed by atoms with Crippen LogP contribution in [0.4, 0.5) is 0 Å². The summed E-state index contributed by atoms with van der Waals surface area (Å²) in [4.78, 5) is 22.8. The van der Waals surface area contributed by atoms with E-state index in [0.29, 0.717) is 11.4 Å². The van der Waals surface area contributed by atoms with Crippen LogP contribution in [0.25, 0.3) is 0 Å². The third kappa shape index (κ3) is 5.63. The van der Waals surface area contributed by atoms with E-state index < -0.39 is 11.9 Å². The Balaban J connectivity index is 2.38. The Morgan fingerprint density at radius 2 is 1.90 bits per heavy atom.